The van der Waals surface area contributed by atoms with E-state index in [1.165, 1.54) is 22.3 Å². The van der Waals surface area contributed by atoms with Crippen molar-refractivity contribution in [2.24, 2.45) is 0 Å². The van der Waals surface area contributed by atoms with E-state index in [0.29, 0.717) is 21.2 Å². The number of nitriles is 2. The summed E-state index contributed by atoms with van der Waals surface area (Å²) in [7, 11) is 0. The van der Waals surface area contributed by atoms with Gasteiger partial charge in [-0.1, -0.05) is 11.6 Å². The minimum atomic E-state index is -0.444. The number of anilines is 1. The molecule has 0 spiro atoms. The van der Waals surface area contributed by atoms with Crippen molar-refractivity contribution in [3.8, 4) is 12.1 Å². The Morgan fingerprint density at radius 1 is 1.20 bits per heavy atom. The molecule has 0 bridgehead atoms. The Balaban J connectivity index is 1.85. The Labute approximate surface area is 182 Å². The van der Waals surface area contributed by atoms with Crippen LogP contribution in [0.4, 0.5) is 5.00 Å². The zero-order valence-electron chi connectivity index (χ0n) is 15.7. The van der Waals surface area contributed by atoms with Crippen LogP contribution < -0.4 is 4.90 Å². The Morgan fingerprint density at radius 2 is 1.90 bits per heavy atom. The van der Waals surface area contributed by atoms with Crippen LogP contribution >= 0.6 is 22.9 Å². The van der Waals surface area contributed by atoms with Crippen LogP contribution in [-0.4, -0.2) is 16.7 Å². The van der Waals surface area contributed by atoms with Gasteiger partial charge in [0.25, 0.3) is 0 Å². The molecule has 2 aromatic rings. The zero-order valence-corrected chi connectivity index (χ0v) is 17.3. The number of rotatable bonds is 3. The summed E-state index contributed by atoms with van der Waals surface area (Å²) >= 11 is 7.25. The van der Waals surface area contributed by atoms with Crippen LogP contribution in [0.1, 0.15) is 39.2 Å². The van der Waals surface area contributed by atoms with Gasteiger partial charge in [0.2, 0.25) is 0 Å². The van der Waals surface area contributed by atoms with Gasteiger partial charge >= 0.3 is 0 Å². The molecule has 2 aliphatic rings. The standard InChI is InChI=1S/C22H15ClN4O2S/c23-13-7-5-12(6-8-13)18(28)9-17-20(29)16(11-25)21(26)27(17)22-15(10-24)14-3-1-2-4-19(14)30-22/h5-9,26,29H,1-4H2. The number of allylic oxidation sites excluding steroid dienone is 1. The Morgan fingerprint density at radius 3 is 2.57 bits per heavy atom. The number of benzene rings is 1. The van der Waals surface area contributed by atoms with E-state index in [9.17, 15) is 20.4 Å². The van der Waals surface area contributed by atoms with Crippen LogP contribution in [-0.2, 0) is 12.8 Å². The van der Waals surface area contributed by atoms with E-state index < -0.39 is 11.5 Å². The van der Waals surface area contributed by atoms with E-state index in [-0.39, 0.29) is 17.1 Å². The maximum absolute atomic E-state index is 12.8. The van der Waals surface area contributed by atoms with Gasteiger partial charge in [-0.2, -0.15) is 10.5 Å². The number of aliphatic hydroxyl groups excluding tert-OH is 1. The predicted octanol–water partition coefficient (Wildman–Crippen LogP) is 5.05. The van der Waals surface area contributed by atoms with Gasteiger partial charge in [0, 0.05) is 21.5 Å². The lowest BCUT2D eigenvalue weighted by atomic mass is 9.96. The molecule has 30 heavy (non-hydrogen) atoms. The highest BCUT2D eigenvalue weighted by Crippen LogP contribution is 2.44. The monoisotopic (exact) mass is 434 g/mol. The summed E-state index contributed by atoms with van der Waals surface area (Å²) in [6.07, 6.45) is 4.84. The predicted molar refractivity (Wildman–Crippen MR) is 115 cm³/mol. The molecule has 4 rings (SSSR count). The second-order valence-electron chi connectivity index (χ2n) is 6.92. The molecule has 0 saturated carbocycles. The van der Waals surface area contributed by atoms with Crippen LogP contribution in [0.15, 0.2) is 47.4 Å². The number of fused-ring (bicyclic) bond motifs is 1. The van der Waals surface area contributed by atoms with Gasteiger partial charge in [-0.15, -0.1) is 11.3 Å². The quantitative estimate of drug-likeness (QED) is 0.518. The van der Waals surface area contributed by atoms with Crippen molar-refractivity contribution in [1.82, 2.24) is 0 Å². The number of hydrogen-bond donors (Lipinski definition) is 2. The maximum Gasteiger partial charge on any atom is 0.188 e. The molecular weight excluding hydrogens is 420 g/mol. The molecule has 1 aromatic heterocycles. The van der Waals surface area contributed by atoms with Crippen LogP contribution in [0, 0.1) is 28.1 Å². The molecule has 0 amide bonds. The third kappa shape index (κ3) is 3.19. The van der Waals surface area contributed by atoms with E-state index in [0.717, 1.165) is 36.1 Å². The lowest BCUT2D eigenvalue weighted by molar-refractivity contribution is 0.104. The molecule has 1 aliphatic carbocycles. The van der Waals surface area contributed by atoms with Crippen molar-refractivity contribution in [2.45, 2.75) is 25.7 Å². The van der Waals surface area contributed by atoms with Crippen LogP contribution in [0.3, 0.4) is 0 Å². The van der Waals surface area contributed by atoms with Crippen molar-refractivity contribution >= 4 is 39.6 Å². The summed E-state index contributed by atoms with van der Waals surface area (Å²) < 4.78 is 0. The zero-order chi connectivity index (χ0) is 21.4. The van der Waals surface area contributed by atoms with Crippen LogP contribution in [0.5, 0.6) is 0 Å². The summed E-state index contributed by atoms with van der Waals surface area (Å²) in [5.74, 6) is -1.11. The summed E-state index contributed by atoms with van der Waals surface area (Å²) in [5, 5.41) is 39.2. The van der Waals surface area contributed by atoms with E-state index in [4.69, 9.17) is 17.0 Å². The fourth-order valence-electron chi connectivity index (χ4n) is 3.67. The van der Waals surface area contributed by atoms with Crippen molar-refractivity contribution in [3.05, 3.63) is 74.0 Å². The first-order valence-electron chi connectivity index (χ1n) is 9.25. The summed E-state index contributed by atoms with van der Waals surface area (Å²) in [6.45, 7) is 0. The number of carbonyl (C=O) groups excluding carboxylic acids is 1. The highest BCUT2D eigenvalue weighted by Gasteiger charge is 2.38. The van der Waals surface area contributed by atoms with Crippen molar-refractivity contribution in [1.29, 1.82) is 15.9 Å². The Kier molecular flexibility index (Phi) is 5.17. The van der Waals surface area contributed by atoms with E-state index >= 15 is 0 Å². The molecule has 1 aromatic carbocycles. The number of amidine groups is 1. The summed E-state index contributed by atoms with van der Waals surface area (Å²) in [5.41, 5.74) is 1.54. The van der Waals surface area contributed by atoms with Crippen molar-refractivity contribution < 1.29 is 9.90 Å². The van der Waals surface area contributed by atoms with Crippen LogP contribution in [0.2, 0.25) is 5.02 Å². The van der Waals surface area contributed by atoms with Gasteiger partial charge in [-0.05, 0) is 55.5 Å². The van der Waals surface area contributed by atoms with Gasteiger partial charge in [-0.3, -0.25) is 15.1 Å². The number of aliphatic hydroxyl groups is 1. The van der Waals surface area contributed by atoms with E-state index in [1.807, 2.05) is 6.07 Å². The third-order valence-electron chi connectivity index (χ3n) is 5.16. The fraction of sp³-hybridized carbons (Fsp3) is 0.182. The Hall–Kier alpha value is -3.39. The molecule has 2 heterocycles. The largest absolute Gasteiger partial charge is 0.504 e. The summed E-state index contributed by atoms with van der Waals surface area (Å²) in [6, 6.07) is 10.3. The average molecular weight is 435 g/mol. The highest BCUT2D eigenvalue weighted by molar-refractivity contribution is 7.16. The van der Waals surface area contributed by atoms with Crippen molar-refractivity contribution in [3.63, 3.8) is 0 Å². The minimum Gasteiger partial charge on any atom is -0.504 e. The SMILES string of the molecule is N#CC1=C(O)C(=CC(=O)c2ccc(Cl)cc2)N(c2sc3c(c2C#N)CCCC3)C1=N. The molecule has 0 atom stereocenters. The number of carbonyl (C=O) groups is 1. The van der Waals surface area contributed by atoms with E-state index in [2.05, 4.69) is 6.07 Å². The first-order valence-corrected chi connectivity index (χ1v) is 10.4. The number of thiophene rings is 1. The third-order valence-corrected chi connectivity index (χ3v) is 6.69. The molecule has 148 valence electrons. The van der Waals surface area contributed by atoms with Gasteiger partial charge in [-0.25, -0.2) is 0 Å². The molecule has 6 nitrogen and oxygen atoms in total. The Bertz CT molecular complexity index is 1230. The lowest BCUT2D eigenvalue weighted by Crippen LogP contribution is -2.25. The number of hydrogen-bond acceptors (Lipinski definition) is 6. The number of aryl methyl sites for hydroxylation is 1. The maximum atomic E-state index is 12.8. The van der Waals surface area contributed by atoms with Gasteiger partial charge in [0.15, 0.2) is 17.4 Å². The average Bonchev–Trinajstić information content (AvgIpc) is 3.22. The fourth-order valence-corrected chi connectivity index (χ4v) is 5.16. The van der Waals surface area contributed by atoms with Gasteiger partial charge in [0.05, 0.1) is 11.3 Å². The minimum absolute atomic E-state index is 0.0200. The molecule has 0 unspecified atom stereocenters. The number of nitrogens with one attached hydrogen (secondary N) is 1. The molecule has 0 saturated heterocycles. The van der Waals surface area contributed by atoms with Crippen molar-refractivity contribution in [2.75, 3.05) is 4.90 Å². The first-order chi connectivity index (χ1) is 14.5. The molecule has 0 fully saturated rings. The topological polar surface area (TPSA) is 112 Å². The second kappa shape index (κ2) is 7.79. The number of nitrogens with zero attached hydrogens (tertiary/aromatic N) is 3. The smallest absolute Gasteiger partial charge is 0.188 e. The molecule has 8 heteroatoms. The van der Waals surface area contributed by atoms with E-state index in [1.54, 1.807) is 24.3 Å². The summed E-state index contributed by atoms with van der Waals surface area (Å²) in [4.78, 5) is 15.2. The number of halogens is 1. The molecule has 2 N–H and O–H groups in total. The lowest BCUT2D eigenvalue weighted by Gasteiger charge is -2.19. The van der Waals surface area contributed by atoms with Gasteiger partial charge in [0.1, 0.15) is 22.7 Å². The highest BCUT2D eigenvalue weighted by atomic mass is 35.5. The molecule has 0 radical (unpaired) electrons. The van der Waals surface area contributed by atoms with Crippen LogP contribution in [0.25, 0.3) is 0 Å². The normalized spacial score (nSPS) is 17.1. The molecular formula is C22H15ClN4O2S. The first kappa shape index (κ1) is 19.9. The number of ketones is 1. The molecule has 1 aliphatic heterocycles. The second-order valence-corrected chi connectivity index (χ2v) is 8.44. The van der Waals surface area contributed by atoms with Gasteiger partial charge < -0.3 is 5.11 Å².